The molecule has 1 amide bonds. The highest BCUT2D eigenvalue weighted by molar-refractivity contribution is 5.92. The molecule has 1 aliphatic heterocycles. The van der Waals surface area contributed by atoms with Gasteiger partial charge in [-0.25, -0.2) is 8.78 Å². The van der Waals surface area contributed by atoms with Crippen LogP contribution >= 0.6 is 0 Å². The van der Waals surface area contributed by atoms with Gasteiger partial charge in [0, 0.05) is 17.8 Å². The van der Waals surface area contributed by atoms with Crippen LogP contribution < -0.4 is 11.1 Å². The van der Waals surface area contributed by atoms with Gasteiger partial charge in [-0.2, -0.15) is 10.5 Å². The second-order valence-corrected chi connectivity index (χ2v) is 6.58. The summed E-state index contributed by atoms with van der Waals surface area (Å²) in [6.07, 6.45) is 3.55. The number of nitrogens with two attached hydrogens (primary N) is 1. The van der Waals surface area contributed by atoms with Crippen LogP contribution in [0.4, 0.5) is 20.2 Å². The third-order valence-corrected chi connectivity index (χ3v) is 4.50. The molecule has 0 radical (unpaired) electrons. The van der Waals surface area contributed by atoms with E-state index in [1.165, 1.54) is 36.4 Å². The predicted octanol–water partition coefficient (Wildman–Crippen LogP) is 3.28. The van der Waals surface area contributed by atoms with Gasteiger partial charge in [0.05, 0.1) is 29.0 Å². The summed E-state index contributed by atoms with van der Waals surface area (Å²) in [7, 11) is 0. The maximum Gasteiger partial charge on any atom is 0.248 e. The first-order chi connectivity index (χ1) is 13.9. The molecule has 146 valence electrons. The van der Waals surface area contributed by atoms with Crippen molar-refractivity contribution in [2.45, 2.75) is 18.9 Å². The Morgan fingerprint density at radius 3 is 2.24 bits per heavy atom. The number of nitriles is 2. The molecule has 0 unspecified atom stereocenters. The van der Waals surface area contributed by atoms with E-state index in [1.54, 1.807) is 17.0 Å². The largest absolute Gasteiger partial charge is 0.395 e. The normalized spacial score (nSPS) is 15.0. The summed E-state index contributed by atoms with van der Waals surface area (Å²) in [6.45, 7) is 0.461. The number of amides is 1. The molecule has 0 saturated heterocycles. The van der Waals surface area contributed by atoms with Crippen LogP contribution in [0.3, 0.4) is 0 Å². The Kier molecular flexibility index (Phi) is 5.75. The standard InChI is InChI=1S/C14H12FN3O.C7H5FN2/c15-12-3-1-2-9(7-16)14(12)17-10-6-13(19)18(8-10)11-4-5-11;8-6-3-1-2-5(4-9)7(6)10/h1-3,6,11,17H,4-5,8H2;1-3H,10H2. The predicted molar refractivity (Wildman–Crippen MR) is 103 cm³/mol. The molecule has 1 saturated carbocycles. The molecule has 0 spiro atoms. The molecule has 2 aromatic rings. The summed E-state index contributed by atoms with van der Waals surface area (Å²) in [5, 5.41) is 20.2. The van der Waals surface area contributed by atoms with E-state index in [1.807, 2.05) is 6.07 Å². The van der Waals surface area contributed by atoms with Crippen LogP contribution in [0.2, 0.25) is 0 Å². The van der Waals surface area contributed by atoms with Crippen LogP contribution in [0.25, 0.3) is 0 Å². The summed E-state index contributed by atoms with van der Waals surface area (Å²) in [4.78, 5) is 13.5. The second-order valence-electron chi connectivity index (χ2n) is 6.58. The molecule has 4 rings (SSSR count). The van der Waals surface area contributed by atoms with E-state index in [4.69, 9.17) is 16.3 Å². The zero-order valence-corrected chi connectivity index (χ0v) is 15.3. The fourth-order valence-electron chi connectivity index (χ4n) is 2.85. The van der Waals surface area contributed by atoms with Crippen molar-refractivity contribution in [2.75, 3.05) is 17.6 Å². The lowest BCUT2D eigenvalue weighted by atomic mass is 10.2. The van der Waals surface area contributed by atoms with Gasteiger partial charge in [-0.15, -0.1) is 0 Å². The molecule has 2 aliphatic rings. The van der Waals surface area contributed by atoms with E-state index in [-0.39, 0.29) is 28.4 Å². The summed E-state index contributed by atoms with van der Waals surface area (Å²) >= 11 is 0. The van der Waals surface area contributed by atoms with Crippen LogP contribution in [-0.2, 0) is 4.79 Å². The van der Waals surface area contributed by atoms with E-state index in [0.29, 0.717) is 18.3 Å². The van der Waals surface area contributed by atoms with Crippen molar-refractivity contribution in [2.24, 2.45) is 0 Å². The highest BCUT2D eigenvalue weighted by Gasteiger charge is 2.35. The van der Waals surface area contributed by atoms with Crippen LogP contribution in [0.1, 0.15) is 24.0 Å². The van der Waals surface area contributed by atoms with Gasteiger partial charge in [0.15, 0.2) is 0 Å². The maximum atomic E-state index is 13.7. The van der Waals surface area contributed by atoms with Crippen molar-refractivity contribution < 1.29 is 13.6 Å². The molecule has 2 aromatic carbocycles. The molecular formula is C21H17F2N5O. The summed E-state index contributed by atoms with van der Waals surface area (Å²) in [6, 6.07) is 12.5. The molecule has 0 atom stereocenters. The fourth-order valence-corrected chi connectivity index (χ4v) is 2.85. The van der Waals surface area contributed by atoms with E-state index in [2.05, 4.69) is 5.32 Å². The summed E-state index contributed by atoms with van der Waals surface area (Å²) in [5.41, 5.74) is 6.31. The first kappa shape index (κ1) is 19.8. The van der Waals surface area contributed by atoms with Crippen LogP contribution in [0.5, 0.6) is 0 Å². The van der Waals surface area contributed by atoms with Gasteiger partial charge >= 0.3 is 0 Å². The average molecular weight is 393 g/mol. The average Bonchev–Trinajstić information content (AvgIpc) is 3.49. The quantitative estimate of drug-likeness (QED) is 0.779. The van der Waals surface area contributed by atoms with Crippen molar-refractivity contribution in [3.05, 3.63) is 70.9 Å². The number of carbonyl (C=O) groups is 1. The first-order valence-corrected chi connectivity index (χ1v) is 8.85. The highest BCUT2D eigenvalue weighted by atomic mass is 19.1. The molecule has 1 fully saturated rings. The van der Waals surface area contributed by atoms with Gasteiger partial charge in [0.1, 0.15) is 23.8 Å². The Balaban J connectivity index is 0.000000204. The van der Waals surface area contributed by atoms with Gasteiger partial charge in [0.25, 0.3) is 0 Å². The third kappa shape index (κ3) is 4.50. The van der Waals surface area contributed by atoms with E-state index < -0.39 is 11.6 Å². The fraction of sp³-hybridized carbons (Fsp3) is 0.190. The number of anilines is 2. The van der Waals surface area contributed by atoms with Crippen molar-refractivity contribution in [3.8, 4) is 12.1 Å². The zero-order chi connectivity index (χ0) is 21.0. The number of nitrogens with one attached hydrogen (secondary N) is 1. The number of nitrogens with zero attached hydrogens (tertiary/aromatic N) is 3. The van der Waals surface area contributed by atoms with Gasteiger partial charge in [0.2, 0.25) is 5.91 Å². The van der Waals surface area contributed by atoms with Gasteiger partial charge < -0.3 is 16.0 Å². The smallest absolute Gasteiger partial charge is 0.248 e. The van der Waals surface area contributed by atoms with E-state index in [9.17, 15) is 13.6 Å². The number of benzene rings is 2. The Bertz CT molecular complexity index is 1060. The number of carbonyl (C=O) groups excluding carboxylic acids is 1. The minimum absolute atomic E-state index is 0.0418. The third-order valence-electron chi connectivity index (χ3n) is 4.50. The van der Waals surface area contributed by atoms with Crippen molar-refractivity contribution in [3.63, 3.8) is 0 Å². The maximum absolute atomic E-state index is 13.7. The van der Waals surface area contributed by atoms with Crippen molar-refractivity contribution in [1.82, 2.24) is 4.90 Å². The molecular weight excluding hydrogens is 376 g/mol. The topological polar surface area (TPSA) is 106 Å². The van der Waals surface area contributed by atoms with Crippen molar-refractivity contribution in [1.29, 1.82) is 10.5 Å². The first-order valence-electron chi connectivity index (χ1n) is 8.85. The summed E-state index contributed by atoms with van der Waals surface area (Å²) in [5.74, 6) is -1.07. The minimum Gasteiger partial charge on any atom is -0.395 e. The van der Waals surface area contributed by atoms with E-state index >= 15 is 0 Å². The molecule has 0 aromatic heterocycles. The number of nitrogen functional groups attached to an aromatic ring is 1. The molecule has 6 nitrogen and oxygen atoms in total. The van der Waals surface area contributed by atoms with Gasteiger partial charge in [-0.3, -0.25) is 4.79 Å². The Labute approximate surface area is 166 Å². The molecule has 1 aliphatic carbocycles. The Hall–Kier alpha value is -3.91. The van der Waals surface area contributed by atoms with Crippen LogP contribution in [-0.4, -0.2) is 23.4 Å². The monoisotopic (exact) mass is 393 g/mol. The lowest BCUT2D eigenvalue weighted by molar-refractivity contribution is -0.125. The number of halogens is 2. The van der Waals surface area contributed by atoms with Gasteiger partial charge in [-0.05, 0) is 37.1 Å². The van der Waals surface area contributed by atoms with E-state index in [0.717, 1.165) is 12.8 Å². The van der Waals surface area contributed by atoms with Gasteiger partial charge in [-0.1, -0.05) is 12.1 Å². The Morgan fingerprint density at radius 1 is 1.03 bits per heavy atom. The lowest BCUT2D eigenvalue weighted by Gasteiger charge is -2.16. The van der Waals surface area contributed by atoms with Crippen LogP contribution in [0, 0.1) is 34.3 Å². The van der Waals surface area contributed by atoms with Crippen LogP contribution in [0.15, 0.2) is 48.2 Å². The zero-order valence-electron chi connectivity index (χ0n) is 15.3. The number of hydrogen-bond donors (Lipinski definition) is 2. The second kappa shape index (κ2) is 8.41. The molecule has 8 heteroatoms. The minimum atomic E-state index is -0.543. The number of rotatable bonds is 3. The molecule has 3 N–H and O–H groups in total. The Morgan fingerprint density at radius 2 is 1.66 bits per heavy atom. The highest BCUT2D eigenvalue weighted by Crippen LogP contribution is 2.31. The number of para-hydroxylation sites is 2. The lowest BCUT2D eigenvalue weighted by Crippen LogP contribution is -2.28. The van der Waals surface area contributed by atoms with Crippen molar-refractivity contribution >= 4 is 17.3 Å². The number of hydrogen-bond acceptors (Lipinski definition) is 5. The summed E-state index contributed by atoms with van der Waals surface area (Å²) < 4.78 is 26.2. The molecule has 29 heavy (non-hydrogen) atoms. The molecule has 0 bridgehead atoms. The SMILES string of the molecule is N#Cc1cccc(F)c1N.N#Cc1cccc(F)c1NC1=CC(=O)N(C2CC2)C1. The molecule has 1 heterocycles.